The van der Waals surface area contributed by atoms with Crippen molar-refractivity contribution in [2.75, 3.05) is 13.7 Å². The van der Waals surface area contributed by atoms with Crippen molar-refractivity contribution >= 4 is 16.8 Å². The highest BCUT2D eigenvalue weighted by Gasteiger charge is 2.24. The van der Waals surface area contributed by atoms with Gasteiger partial charge in [0.2, 0.25) is 5.91 Å². The number of nitrogens with zero attached hydrogens (tertiary/aromatic N) is 2. The molecule has 2 aromatic carbocycles. The minimum atomic E-state index is -0.255. The normalized spacial score (nSPS) is 15.7. The Morgan fingerprint density at radius 1 is 1.30 bits per heavy atom. The molecule has 3 aromatic rings. The Morgan fingerprint density at radius 2 is 2.15 bits per heavy atom. The van der Waals surface area contributed by atoms with Gasteiger partial charge in [0.25, 0.3) is 5.56 Å². The molecule has 1 aromatic heterocycles. The topological polar surface area (TPSA) is 82.4 Å². The lowest BCUT2D eigenvalue weighted by Crippen LogP contribution is -2.44. The lowest BCUT2D eigenvalue weighted by atomic mass is 10.0. The monoisotopic (exact) mass is 365 g/mol. The standard InChI is InChI=1S/C20H19N3O4/c1-26-17-8-4-5-13-9-14(11-27-19(13)17)22-18(24)10-23-12-21-16-7-3-2-6-15(16)20(23)25/h2-8,12,14H,9-11H2,1H3,(H,22,24). The summed E-state index contributed by atoms with van der Waals surface area (Å²) in [6.07, 6.45) is 2.05. The fraction of sp³-hybridized carbons (Fsp3) is 0.250. The van der Waals surface area contributed by atoms with Gasteiger partial charge in [-0.2, -0.15) is 0 Å². The van der Waals surface area contributed by atoms with Gasteiger partial charge >= 0.3 is 0 Å². The van der Waals surface area contributed by atoms with Crippen molar-refractivity contribution in [2.45, 2.75) is 19.0 Å². The van der Waals surface area contributed by atoms with E-state index < -0.39 is 0 Å². The largest absolute Gasteiger partial charge is 0.493 e. The van der Waals surface area contributed by atoms with E-state index in [1.165, 1.54) is 10.9 Å². The van der Waals surface area contributed by atoms with Crippen molar-refractivity contribution < 1.29 is 14.3 Å². The molecule has 27 heavy (non-hydrogen) atoms. The van der Waals surface area contributed by atoms with Crippen LogP contribution in [0.4, 0.5) is 0 Å². The van der Waals surface area contributed by atoms with Crippen molar-refractivity contribution in [1.29, 1.82) is 0 Å². The second-order valence-corrected chi connectivity index (χ2v) is 6.42. The molecular formula is C20H19N3O4. The highest BCUT2D eigenvalue weighted by molar-refractivity contribution is 5.79. The molecule has 2 heterocycles. The van der Waals surface area contributed by atoms with Crippen LogP contribution in [-0.4, -0.2) is 35.2 Å². The van der Waals surface area contributed by atoms with Crippen molar-refractivity contribution in [3.63, 3.8) is 0 Å². The first-order valence-corrected chi connectivity index (χ1v) is 8.68. The quantitative estimate of drug-likeness (QED) is 0.758. The Bertz CT molecular complexity index is 1060. The predicted octanol–water partition coefficient (Wildman–Crippen LogP) is 1.52. The first-order chi connectivity index (χ1) is 13.2. The third-order valence-electron chi connectivity index (χ3n) is 4.59. The lowest BCUT2D eigenvalue weighted by molar-refractivity contribution is -0.122. The average Bonchev–Trinajstić information content (AvgIpc) is 2.69. The van der Waals surface area contributed by atoms with Gasteiger partial charge in [0.05, 0.1) is 30.4 Å². The number of methoxy groups -OCH3 is 1. The molecule has 0 bridgehead atoms. The SMILES string of the molecule is COc1cccc2c1OCC(NC(=O)Cn1cnc3ccccc3c1=O)C2. The number of rotatable bonds is 4. The highest BCUT2D eigenvalue weighted by atomic mass is 16.5. The zero-order valence-electron chi connectivity index (χ0n) is 14.8. The van der Waals surface area contributed by atoms with Gasteiger partial charge in [-0.1, -0.05) is 24.3 Å². The number of carbonyl (C=O) groups is 1. The van der Waals surface area contributed by atoms with Crippen LogP contribution >= 0.6 is 0 Å². The van der Waals surface area contributed by atoms with Gasteiger partial charge in [-0.05, 0) is 24.6 Å². The Hall–Kier alpha value is -3.35. The fourth-order valence-electron chi connectivity index (χ4n) is 3.29. The third-order valence-corrected chi connectivity index (χ3v) is 4.59. The summed E-state index contributed by atoms with van der Waals surface area (Å²) in [4.78, 5) is 29.2. The van der Waals surface area contributed by atoms with Crippen LogP contribution in [0.15, 0.2) is 53.6 Å². The van der Waals surface area contributed by atoms with Crippen LogP contribution < -0.4 is 20.3 Å². The molecule has 1 amide bonds. The number of fused-ring (bicyclic) bond motifs is 2. The molecule has 1 aliphatic rings. The van der Waals surface area contributed by atoms with Gasteiger partial charge in [0.1, 0.15) is 13.2 Å². The van der Waals surface area contributed by atoms with Crippen LogP contribution in [0, 0.1) is 0 Å². The maximum Gasteiger partial charge on any atom is 0.261 e. The van der Waals surface area contributed by atoms with Crippen LogP contribution in [0.2, 0.25) is 0 Å². The van der Waals surface area contributed by atoms with Gasteiger partial charge in [-0.15, -0.1) is 0 Å². The number of hydrogen-bond acceptors (Lipinski definition) is 5. The number of benzene rings is 2. The fourth-order valence-corrected chi connectivity index (χ4v) is 3.29. The highest BCUT2D eigenvalue weighted by Crippen LogP contribution is 2.34. The van der Waals surface area contributed by atoms with Crippen LogP contribution in [0.25, 0.3) is 10.9 Å². The van der Waals surface area contributed by atoms with Gasteiger partial charge < -0.3 is 14.8 Å². The van der Waals surface area contributed by atoms with E-state index in [1.54, 1.807) is 25.3 Å². The second kappa shape index (κ2) is 7.11. The molecule has 0 spiro atoms. The van der Waals surface area contributed by atoms with Gasteiger partial charge in [0.15, 0.2) is 11.5 Å². The number of nitrogens with one attached hydrogen (secondary N) is 1. The molecule has 4 rings (SSSR count). The molecule has 1 N–H and O–H groups in total. The lowest BCUT2D eigenvalue weighted by Gasteiger charge is -2.27. The Morgan fingerprint density at radius 3 is 3.00 bits per heavy atom. The molecule has 0 fully saturated rings. The molecular weight excluding hydrogens is 346 g/mol. The number of ether oxygens (including phenoxy) is 2. The van der Waals surface area contributed by atoms with Gasteiger partial charge in [-0.25, -0.2) is 4.98 Å². The van der Waals surface area contributed by atoms with Crippen molar-refractivity contribution in [3.8, 4) is 11.5 Å². The molecule has 7 nitrogen and oxygen atoms in total. The summed E-state index contributed by atoms with van der Waals surface area (Å²) in [7, 11) is 1.60. The second-order valence-electron chi connectivity index (χ2n) is 6.42. The Balaban J connectivity index is 1.46. The molecule has 0 saturated heterocycles. The van der Waals surface area contributed by atoms with Crippen molar-refractivity contribution in [2.24, 2.45) is 0 Å². The van der Waals surface area contributed by atoms with Crippen LogP contribution in [0.3, 0.4) is 0 Å². The van der Waals surface area contributed by atoms with E-state index in [2.05, 4.69) is 10.3 Å². The predicted molar refractivity (Wildman–Crippen MR) is 100 cm³/mol. The van der Waals surface area contributed by atoms with E-state index in [-0.39, 0.29) is 24.1 Å². The molecule has 1 unspecified atom stereocenters. The molecule has 1 atom stereocenters. The molecule has 0 radical (unpaired) electrons. The number of amides is 1. The van der Waals surface area contributed by atoms with E-state index in [1.807, 2.05) is 24.3 Å². The van der Waals surface area contributed by atoms with Gasteiger partial charge in [-0.3, -0.25) is 14.2 Å². The van der Waals surface area contributed by atoms with Crippen molar-refractivity contribution in [3.05, 3.63) is 64.7 Å². The summed E-state index contributed by atoms with van der Waals surface area (Å²) in [5.41, 5.74) is 1.37. The molecule has 0 aliphatic carbocycles. The third kappa shape index (κ3) is 3.36. The summed E-state index contributed by atoms with van der Waals surface area (Å²) in [6, 6.07) is 12.6. The van der Waals surface area contributed by atoms with E-state index in [4.69, 9.17) is 9.47 Å². The number of carbonyl (C=O) groups excluding carboxylic acids is 1. The van der Waals surface area contributed by atoms with E-state index >= 15 is 0 Å². The summed E-state index contributed by atoms with van der Waals surface area (Å²) in [5.74, 6) is 1.15. The van der Waals surface area contributed by atoms with E-state index in [9.17, 15) is 9.59 Å². The number of para-hydroxylation sites is 2. The molecule has 7 heteroatoms. The van der Waals surface area contributed by atoms with Gasteiger partial charge in [0, 0.05) is 5.56 Å². The van der Waals surface area contributed by atoms with Crippen LogP contribution in [0.1, 0.15) is 5.56 Å². The smallest absolute Gasteiger partial charge is 0.261 e. The molecule has 1 aliphatic heterocycles. The van der Waals surface area contributed by atoms with E-state index in [0.29, 0.717) is 29.7 Å². The molecule has 0 saturated carbocycles. The zero-order valence-corrected chi connectivity index (χ0v) is 14.8. The summed E-state index contributed by atoms with van der Waals surface area (Å²) in [5, 5.41) is 3.42. The Labute approximate surface area is 155 Å². The Kier molecular flexibility index (Phi) is 4.50. The number of hydrogen-bond donors (Lipinski definition) is 1. The summed E-state index contributed by atoms with van der Waals surface area (Å²) in [6.45, 7) is 0.266. The maximum absolute atomic E-state index is 12.5. The van der Waals surface area contributed by atoms with Crippen LogP contribution in [-0.2, 0) is 17.8 Å². The van der Waals surface area contributed by atoms with Crippen molar-refractivity contribution in [1.82, 2.24) is 14.9 Å². The summed E-state index contributed by atoms with van der Waals surface area (Å²) >= 11 is 0. The van der Waals surface area contributed by atoms with E-state index in [0.717, 1.165) is 11.3 Å². The minimum Gasteiger partial charge on any atom is -0.493 e. The maximum atomic E-state index is 12.5. The minimum absolute atomic E-state index is 0.0852. The molecule has 138 valence electrons. The van der Waals surface area contributed by atoms with Crippen LogP contribution in [0.5, 0.6) is 11.5 Å². The average molecular weight is 365 g/mol. The first-order valence-electron chi connectivity index (χ1n) is 8.68. The summed E-state index contributed by atoms with van der Waals surface area (Å²) < 4.78 is 12.4. The first kappa shape index (κ1) is 17.1. The zero-order chi connectivity index (χ0) is 18.8. The number of aromatic nitrogens is 2.